The summed E-state index contributed by atoms with van der Waals surface area (Å²) in [6.45, 7) is 2.31. The molecule has 1 fully saturated rings. The Kier molecular flexibility index (Phi) is 5.88. The van der Waals surface area contributed by atoms with Crippen LogP contribution < -0.4 is 4.74 Å². The van der Waals surface area contributed by atoms with Gasteiger partial charge in [-0.2, -0.15) is 5.10 Å². The molecule has 1 aliphatic rings. The number of rotatable bonds is 8. The SMILES string of the molecule is Cc1nn(-c2ccccc2)c(Oc2ccc(F)cc2F)c1CN(Cc1ccco1)C(=O)C1CC1. The lowest BCUT2D eigenvalue weighted by atomic mass is 10.2. The van der Waals surface area contributed by atoms with Crippen LogP contribution >= 0.6 is 0 Å². The van der Waals surface area contributed by atoms with Gasteiger partial charge in [0, 0.05) is 12.0 Å². The van der Waals surface area contributed by atoms with Crippen molar-refractivity contribution in [2.45, 2.75) is 32.9 Å². The molecule has 2 aromatic heterocycles. The van der Waals surface area contributed by atoms with E-state index in [2.05, 4.69) is 5.10 Å². The lowest BCUT2D eigenvalue weighted by Gasteiger charge is -2.22. The smallest absolute Gasteiger partial charge is 0.228 e. The Balaban J connectivity index is 1.56. The van der Waals surface area contributed by atoms with Gasteiger partial charge >= 0.3 is 0 Å². The van der Waals surface area contributed by atoms with E-state index in [4.69, 9.17) is 9.15 Å². The summed E-state index contributed by atoms with van der Waals surface area (Å²) in [7, 11) is 0. The molecule has 0 radical (unpaired) electrons. The molecule has 0 N–H and O–H groups in total. The number of benzene rings is 2. The van der Waals surface area contributed by atoms with E-state index in [9.17, 15) is 13.6 Å². The van der Waals surface area contributed by atoms with Gasteiger partial charge in [0.05, 0.1) is 36.3 Å². The number of aromatic nitrogens is 2. The Bertz CT molecular complexity index is 1300. The first-order valence-electron chi connectivity index (χ1n) is 11.1. The molecule has 34 heavy (non-hydrogen) atoms. The second-order valence-electron chi connectivity index (χ2n) is 8.34. The second kappa shape index (κ2) is 9.13. The summed E-state index contributed by atoms with van der Waals surface area (Å²) in [5, 5.41) is 4.63. The monoisotopic (exact) mass is 463 g/mol. The van der Waals surface area contributed by atoms with Crippen molar-refractivity contribution in [3.05, 3.63) is 95.6 Å². The van der Waals surface area contributed by atoms with Crippen LogP contribution in [0.1, 0.15) is 29.9 Å². The Labute approximate surface area is 195 Å². The van der Waals surface area contributed by atoms with Crippen LogP contribution in [0.5, 0.6) is 11.6 Å². The molecule has 174 valence electrons. The van der Waals surface area contributed by atoms with Gasteiger partial charge in [-0.3, -0.25) is 4.79 Å². The second-order valence-corrected chi connectivity index (χ2v) is 8.34. The molecule has 4 aromatic rings. The molecule has 2 aromatic carbocycles. The molecule has 6 nitrogen and oxygen atoms in total. The van der Waals surface area contributed by atoms with Crippen molar-refractivity contribution >= 4 is 5.91 Å². The molecule has 0 spiro atoms. The molecule has 8 heteroatoms. The zero-order valence-corrected chi connectivity index (χ0v) is 18.6. The van der Waals surface area contributed by atoms with E-state index < -0.39 is 11.6 Å². The molecule has 5 rings (SSSR count). The van der Waals surface area contributed by atoms with Crippen LogP contribution in [0, 0.1) is 24.5 Å². The first-order chi connectivity index (χ1) is 16.5. The highest BCUT2D eigenvalue weighted by Gasteiger charge is 2.35. The molecule has 0 atom stereocenters. The maximum absolute atomic E-state index is 14.5. The highest BCUT2D eigenvalue weighted by molar-refractivity contribution is 5.81. The first-order valence-corrected chi connectivity index (χ1v) is 11.1. The van der Waals surface area contributed by atoms with E-state index in [1.807, 2.05) is 43.3 Å². The zero-order chi connectivity index (χ0) is 23.7. The number of hydrogen-bond donors (Lipinski definition) is 0. The largest absolute Gasteiger partial charge is 0.467 e. The Hall–Kier alpha value is -3.94. The van der Waals surface area contributed by atoms with Gasteiger partial charge in [-0.05, 0) is 56.2 Å². The summed E-state index contributed by atoms with van der Waals surface area (Å²) in [6, 6.07) is 16.0. The van der Waals surface area contributed by atoms with Crippen molar-refractivity contribution in [3.8, 4) is 17.3 Å². The van der Waals surface area contributed by atoms with Gasteiger partial charge in [-0.1, -0.05) is 18.2 Å². The number of halogens is 2. The number of hydrogen-bond acceptors (Lipinski definition) is 4. The Morgan fingerprint density at radius 3 is 2.59 bits per heavy atom. The number of amides is 1. The first kappa shape index (κ1) is 21.9. The third-order valence-electron chi connectivity index (χ3n) is 5.75. The zero-order valence-electron chi connectivity index (χ0n) is 18.6. The fourth-order valence-corrected chi connectivity index (χ4v) is 3.81. The molecule has 1 amide bonds. The summed E-state index contributed by atoms with van der Waals surface area (Å²) in [4.78, 5) is 14.8. The fraction of sp³-hybridized carbons (Fsp3) is 0.231. The molecule has 0 unspecified atom stereocenters. The van der Waals surface area contributed by atoms with Crippen LogP contribution in [-0.4, -0.2) is 20.6 Å². The minimum atomic E-state index is -0.828. The van der Waals surface area contributed by atoms with E-state index >= 15 is 0 Å². The lowest BCUT2D eigenvalue weighted by Crippen LogP contribution is -2.31. The molecule has 1 aliphatic carbocycles. The number of ether oxygens (including phenoxy) is 1. The Morgan fingerprint density at radius 2 is 1.91 bits per heavy atom. The average molecular weight is 463 g/mol. The molecular formula is C26H23F2N3O3. The normalized spacial score (nSPS) is 13.1. The van der Waals surface area contributed by atoms with Crippen molar-refractivity contribution in [1.29, 1.82) is 0 Å². The fourth-order valence-electron chi connectivity index (χ4n) is 3.81. The van der Waals surface area contributed by atoms with E-state index in [0.717, 1.165) is 25.0 Å². The van der Waals surface area contributed by atoms with Gasteiger partial charge in [0.15, 0.2) is 11.6 Å². The number of carbonyl (C=O) groups excluding carboxylic acids is 1. The van der Waals surface area contributed by atoms with Gasteiger partial charge in [0.2, 0.25) is 11.8 Å². The van der Waals surface area contributed by atoms with Crippen molar-refractivity contribution in [2.75, 3.05) is 0 Å². The summed E-state index contributed by atoms with van der Waals surface area (Å²) in [5.74, 6) is -0.703. The summed E-state index contributed by atoms with van der Waals surface area (Å²) < 4.78 is 41.0. The van der Waals surface area contributed by atoms with E-state index in [1.165, 1.54) is 6.07 Å². The molecule has 0 aliphatic heterocycles. The molecule has 0 saturated heterocycles. The minimum Gasteiger partial charge on any atom is -0.467 e. The molecule has 1 saturated carbocycles. The van der Waals surface area contributed by atoms with Crippen LogP contribution in [0.4, 0.5) is 8.78 Å². The highest BCUT2D eigenvalue weighted by Crippen LogP contribution is 2.36. The van der Waals surface area contributed by atoms with Crippen LogP contribution in [-0.2, 0) is 17.9 Å². The van der Waals surface area contributed by atoms with Gasteiger partial charge in [-0.15, -0.1) is 0 Å². The Morgan fingerprint density at radius 1 is 1.12 bits per heavy atom. The van der Waals surface area contributed by atoms with E-state index in [-0.39, 0.29) is 30.0 Å². The third kappa shape index (κ3) is 4.57. The lowest BCUT2D eigenvalue weighted by molar-refractivity contribution is -0.134. The predicted octanol–water partition coefficient (Wildman–Crippen LogP) is 5.78. The van der Waals surface area contributed by atoms with Gasteiger partial charge in [0.25, 0.3) is 0 Å². The topological polar surface area (TPSA) is 60.5 Å². The van der Waals surface area contributed by atoms with E-state index in [0.29, 0.717) is 29.2 Å². The molecular weight excluding hydrogens is 440 g/mol. The van der Waals surface area contributed by atoms with Crippen LogP contribution in [0.3, 0.4) is 0 Å². The molecule has 0 bridgehead atoms. The minimum absolute atomic E-state index is 0.00153. The van der Waals surface area contributed by atoms with Gasteiger partial charge in [0.1, 0.15) is 11.6 Å². The maximum Gasteiger partial charge on any atom is 0.228 e. The van der Waals surface area contributed by atoms with Crippen molar-refractivity contribution < 1.29 is 22.7 Å². The maximum atomic E-state index is 14.5. The summed E-state index contributed by atoms with van der Waals surface area (Å²) in [5.41, 5.74) is 1.98. The van der Waals surface area contributed by atoms with Crippen LogP contribution in [0.15, 0.2) is 71.3 Å². The van der Waals surface area contributed by atoms with Crippen LogP contribution in [0.2, 0.25) is 0 Å². The van der Waals surface area contributed by atoms with Crippen molar-refractivity contribution in [3.63, 3.8) is 0 Å². The number of carbonyl (C=O) groups is 1. The third-order valence-corrected chi connectivity index (χ3v) is 5.75. The van der Waals surface area contributed by atoms with Crippen LogP contribution in [0.25, 0.3) is 5.69 Å². The number of furan rings is 1. The summed E-state index contributed by atoms with van der Waals surface area (Å²) in [6.07, 6.45) is 3.29. The van der Waals surface area contributed by atoms with Crippen molar-refractivity contribution in [2.24, 2.45) is 5.92 Å². The predicted molar refractivity (Wildman–Crippen MR) is 120 cm³/mol. The van der Waals surface area contributed by atoms with Crippen molar-refractivity contribution in [1.82, 2.24) is 14.7 Å². The van der Waals surface area contributed by atoms with E-state index in [1.54, 1.807) is 21.9 Å². The summed E-state index contributed by atoms with van der Waals surface area (Å²) >= 11 is 0. The standard InChI is InChI=1S/C26H23F2N3O3/c1-17-22(16-30(25(32)18-9-10-18)15-21-8-5-13-33-21)26(31(29-17)20-6-3-2-4-7-20)34-24-12-11-19(27)14-23(24)28/h2-8,11-14,18H,9-10,15-16H2,1H3. The highest BCUT2D eigenvalue weighted by atomic mass is 19.1. The molecule has 2 heterocycles. The quantitative estimate of drug-likeness (QED) is 0.332. The van der Waals surface area contributed by atoms with Gasteiger partial charge in [-0.25, -0.2) is 13.5 Å². The number of nitrogens with zero attached hydrogens (tertiary/aromatic N) is 3. The number of para-hydroxylation sites is 1. The van der Waals surface area contributed by atoms with Gasteiger partial charge < -0.3 is 14.1 Å². The average Bonchev–Trinajstić information content (AvgIpc) is 3.48. The number of aryl methyl sites for hydroxylation is 1.